The van der Waals surface area contributed by atoms with Crippen LogP contribution in [0.1, 0.15) is 74.4 Å². The molecule has 7 heteroatoms. The minimum atomic E-state index is 0. The molecule has 2 unspecified atom stereocenters. The molecule has 0 aliphatic heterocycles. The van der Waals surface area contributed by atoms with E-state index in [1.807, 2.05) is 0 Å². The maximum Gasteiger partial charge on any atom is 0.223 e. The fraction of sp³-hybridized carbons (Fsp3) is 0.778. The third-order valence-electron chi connectivity index (χ3n) is 5.32. The Morgan fingerprint density at radius 3 is 2.64 bits per heavy atom. The smallest absolute Gasteiger partial charge is 0.223 e. The van der Waals surface area contributed by atoms with Gasteiger partial charge in [0.05, 0.1) is 10.7 Å². The monoisotopic (exact) mass is 407 g/mol. The Bertz CT molecular complexity index is 520. The molecule has 0 aromatic carbocycles. The molecule has 2 fully saturated rings. The average molecular weight is 408 g/mol. The normalized spacial score (nSPS) is 24.0. The molecule has 2 atom stereocenters. The fourth-order valence-electron chi connectivity index (χ4n) is 3.93. The van der Waals surface area contributed by atoms with E-state index in [2.05, 4.69) is 10.7 Å². The van der Waals surface area contributed by atoms with E-state index < -0.39 is 0 Å². The summed E-state index contributed by atoms with van der Waals surface area (Å²) in [7, 11) is 0. The Morgan fingerprint density at radius 2 is 1.92 bits per heavy atom. The molecule has 0 saturated heterocycles. The number of aromatic nitrogens is 1. The van der Waals surface area contributed by atoms with E-state index in [9.17, 15) is 4.79 Å². The van der Waals surface area contributed by atoms with Gasteiger partial charge in [0, 0.05) is 36.2 Å². The Morgan fingerprint density at radius 1 is 1.16 bits per heavy atom. The number of carbonyl (C=O) groups is 1. The summed E-state index contributed by atoms with van der Waals surface area (Å²) in [5.74, 6) is 0.976. The summed E-state index contributed by atoms with van der Waals surface area (Å²) in [6, 6.07) is 0.205. The molecule has 144 valence electrons. The molecule has 0 radical (unpaired) electrons. The standard InChI is InChI=1S/C18H29N3OS.2ClH/c19-15-8-4-7-14(11-15)18(22)20-10-9-17-21-16(12-23-17)13-5-2-1-3-6-13;;/h12-15H,1-11,19H2,(H,20,22);2*1H. The van der Waals surface area contributed by atoms with Crippen LogP contribution in [0.15, 0.2) is 5.38 Å². The van der Waals surface area contributed by atoms with Gasteiger partial charge in [-0.3, -0.25) is 4.79 Å². The summed E-state index contributed by atoms with van der Waals surface area (Å²) < 4.78 is 0. The minimum absolute atomic E-state index is 0. The van der Waals surface area contributed by atoms with Crippen molar-refractivity contribution >= 4 is 42.1 Å². The molecule has 0 bridgehead atoms. The molecule has 1 heterocycles. The van der Waals surface area contributed by atoms with Crippen LogP contribution in [0.2, 0.25) is 0 Å². The highest BCUT2D eigenvalue weighted by Gasteiger charge is 2.25. The van der Waals surface area contributed by atoms with Gasteiger partial charge in [0.2, 0.25) is 5.91 Å². The second-order valence-electron chi connectivity index (χ2n) is 7.17. The van der Waals surface area contributed by atoms with Gasteiger partial charge in [-0.05, 0) is 32.1 Å². The van der Waals surface area contributed by atoms with E-state index in [4.69, 9.17) is 10.7 Å². The van der Waals surface area contributed by atoms with E-state index in [0.29, 0.717) is 12.5 Å². The van der Waals surface area contributed by atoms with Crippen molar-refractivity contribution in [1.82, 2.24) is 10.3 Å². The molecule has 1 aromatic heterocycles. The van der Waals surface area contributed by atoms with Gasteiger partial charge in [0.15, 0.2) is 0 Å². The van der Waals surface area contributed by atoms with Crippen LogP contribution in [-0.4, -0.2) is 23.5 Å². The van der Waals surface area contributed by atoms with Crippen LogP contribution < -0.4 is 11.1 Å². The number of carbonyl (C=O) groups excluding carboxylic acids is 1. The topological polar surface area (TPSA) is 68.0 Å². The first-order valence-electron chi connectivity index (χ1n) is 9.20. The van der Waals surface area contributed by atoms with Crippen molar-refractivity contribution in [2.75, 3.05) is 6.54 Å². The van der Waals surface area contributed by atoms with Gasteiger partial charge in [0.1, 0.15) is 0 Å². The third-order valence-corrected chi connectivity index (χ3v) is 6.24. The Hall–Kier alpha value is -0.360. The quantitative estimate of drug-likeness (QED) is 0.767. The minimum Gasteiger partial charge on any atom is -0.355 e. The number of nitrogens with one attached hydrogen (secondary N) is 1. The van der Waals surface area contributed by atoms with Crippen molar-refractivity contribution < 1.29 is 4.79 Å². The largest absolute Gasteiger partial charge is 0.355 e. The van der Waals surface area contributed by atoms with Crippen molar-refractivity contribution in [3.63, 3.8) is 0 Å². The van der Waals surface area contributed by atoms with Crippen LogP contribution in [0.25, 0.3) is 0 Å². The predicted molar refractivity (Wildman–Crippen MR) is 109 cm³/mol. The van der Waals surface area contributed by atoms with Crippen LogP contribution in [0.3, 0.4) is 0 Å². The molecule has 0 spiro atoms. The van der Waals surface area contributed by atoms with Crippen molar-refractivity contribution in [3.05, 3.63) is 16.1 Å². The predicted octanol–water partition coefficient (Wildman–Crippen LogP) is 4.21. The van der Waals surface area contributed by atoms with Gasteiger partial charge >= 0.3 is 0 Å². The lowest BCUT2D eigenvalue weighted by Gasteiger charge is -2.25. The number of hydrogen-bond acceptors (Lipinski definition) is 4. The van der Waals surface area contributed by atoms with E-state index in [1.165, 1.54) is 37.8 Å². The lowest BCUT2D eigenvalue weighted by Crippen LogP contribution is -2.38. The summed E-state index contributed by atoms with van der Waals surface area (Å²) in [5.41, 5.74) is 7.25. The van der Waals surface area contributed by atoms with Gasteiger partial charge < -0.3 is 11.1 Å². The summed E-state index contributed by atoms with van der Waals surface area (Å²) in [5, 5.41) is 6.47. The number of halogens is 2. The molecule has 2 aliphatic carbocycles. The van der Waals surface area contributed by atoms with E-state index in [1.54, 1.807) is 11.3 Å². The molecule has 4 nitrogen and oxygen atoms in total. The van der Waals surface area contributed by atoms with Gasteiger partial charge in [-0.15, -0.1) is 36.2 Å². The molecule has 2 saturated carbocycles. The summed E-state index contributed by atoms with van der Waals surface area (Å²) in [4.78, 5) is 17.0. The summed E-state index contributed by atoms with van der Waals surface area (Å²) >= 11 is 1.75. The van der Waals surface area contributed by atoms with Gasteiger partial charge in [-0.1, -0.05) is 25.7 Å². The second-order valence-corrected chi connectivity index (χ2v) is 8.11. The SMILES string of the molecule is Cl.Cl.NC1CCCC(C(=O)NCCc2nc(C3CCCCC3)cs2)C1. The van der Waals surface area contributed by atoms with Crippen LogP contribution in [0.5, 0.6) is 0 Å². The molecule has 3 N–H and O–H groups in total. The van der Waals surface area contributed by atoms with Gasteiger partial charge in [-0.25, -0.2) is 4.98 Å². The molecule has 3 rings (SSSR count). The van der Waals surface area contributed by atoms with E-state index >= 15 is 0 Å². The highest BCUT2D eigenvalue weighted by Crippen LogP contribution is 2.33. The zero-order chi connectivity index (χ0) is 16.1. The Labute approximate surface area is 167 Å². The first-order chi connectivity index (χ1) is 11.2. The number of nitrogens with two attached hydrogens (primary N) is 1. The molecular formula is C18H31Cl2N3OS. The van der Waals surface area contributed by atoms with Crippen molar-refractivity contribution in [3.8, 4) is 0 Å². The summed E-state index contributed by atoms with van der Waals surface area (Å²) in [6.07, 6.45) is 11.5. The average Bonchev–Trinajstić information content (AvgIpc) is 3.04. The lowest BCUT2D eigenvalue weighted by atomic mass is 9.85. The zero-order valence-electron chi connectivity index (χ0n) is 14.7. The molecule has 2 aliphatic rings. The van der Waals surface area contributed by atoms with E-state index in [-0.39, 0.29) is 42.7 Å². The number of rotatable bonds is 5. The van der Waals surface area contributed by atoms with Gasteiger partial charge in [0.25, 0.3) is 0 Å². The van der Waals surface area contributed by atoms with Crippen molar-refractivity contribution in [2.45, 2.75) is 76.2 Å². The van der Waals surface area contributed by atoms with Crippen LogP contribution in [0, 0.1) is 5.92 Å². The highest BCUT2D eigenvalue weighted by atomic mass is 35.5. The maximum absolute atomic E-state index is 12.2. The van der Waals surface area contributed by atoms with Crippen molar-refractivity contribution in [1.29, 1.82) is 0 Å². The Balaban J connectivity index is 0.00000156. The first-order valence-corrected chi connectivity index (χ1v) is 10.1. The number of hydrogen-bond donors (Lipinski definition) is 2. The molecule has 25 heavy (non-hydrogen) atoms. The number of amides is 1. The zero-order valence-corrected chi connectivity index (χ0v) is 17.2. The van der Waals surface area contributed by atoms with Crippen molar-refractivity contribution in [2.24, 2.45) is 11.7 Å². The summed E-state index contributed by atoms with van der Waals surface area (Å²) in [6.45, 7) is 0.697. The number of thiazole rings is 1. The molecule has 1 aromatic rings. The van der Waals surface area contributed by atoms with E-state index in [0.717, 1.165) is 37.1 Å². The Kier molecular flexibility index (Phi) is 10.3. The molecule has 1 amide bonds. The second kappa shape index (κ2) is 11.4. The molecular weight excluding hydrogens is 377 g/mol. The maximum atomic E-state index is 12.2. The lowest BCUT2D eigenvalue weighted by molar-refractivity contribution is -0.126. The highest BCUT2D eigenvalue weighted by molar-refractivity contribution is 7.09. The van der Waals surface area contributed by atoms with Crippen LogP contribution in [0.4, 0.5) is 0 Å². The van der Waals surface area contributed by atoms with Crippen LogP contribution in [-0.2, 0) is 11.2 Å². The fourth-order valence-corrected chi connectivity index (χ4v) is 4.81. The van der Waals surface area contributed by atoms with Gasteiger partial charge in [-0.2, -0.15) is 0 Å². The third kappa shape index (κ3) is 6.70. The van der Waals surface area contributed by atoms with Crippen LogP contribution >= 0.6 is 36.2 Å². The number of nitrogens with zero attached hydrogens (tertiary/aromatic N) is 1. The first kappa shape index (κ1) is 22.7.